The lowest BCUT2D eigenvalue weighted by Crippen LogP contribution is -2.45. The van der Waals surface area contributed by atoms with Crippen LogP contribution in [0.15, 0.2) is 18.2 Å². The topological polar surface area (TPSA) is 106 Å². The minimum absolute atomic E-state index is 0.0610. The van der Waals surface area contributed by atoms with Crippen LogP contribution in [0.4, 0.5) is 0 Å². The van der Waals surface area contributed by atoms with Crippen molar-refractivity contribution in [2.45, 2.75) is 26.3 Å². The van der Waals surface area contributed by atoms with Gasteiger partial charge in [-0.15, -0.1) is 0 Å². The first-order valence-corrected chi connectivity index (χ1v) is 12.3. The quantitative estimate of drug-likeness (QED) is 0.642. The largest absolute Gasteiger partial charge is 0.480 e. The summed E-state index contributed by atoms with van der Waals surface area (Å²) in [4.78, 5) is 30.7. The predicted octanol–water partition coefficient (Wildman–Crippen LogP) is 2.38. The molecular weight excluding hydrogens is 465 g/mol. The van der Waals surface area contributed by atoms with Gasteiger partial charge in [0.2, 0.25) is 5.91 Å². The molecule has 168 valence electrons. The first-order valence-electron chi connectivity index (χ1n) is 9.75. The average molecular weight is 488 g/mol. The minimum Gasteiger partial charge on any atom is -0.480 e. The second-order valence-electron chi connectivity index (χ2n) is 7.38. The SMILES string of the molecule is CCN(CC(=O)NC1CCS(=O)(=O)C1)C(=O)COc1c(Cl)cc(Cl)c2ccc(C)nc12. The number of halogens is 2. The fraction of sp³-hybridized carbons (Fsp3) is 0.450. The monoisotopic (exact) mass is 487 g/mol. The van der Waals surface area contributed by atoms with Crippen molar-refractivity contribution in [1.82, 2.24) is 15.2 Å². The van der Waals surface area contributed by atoms with Crippen molar-refractivity contribution in [1.29, 1.82) is 0 Å². The van der Waals surface area contributed by atoms with Crippen molar-refractivity contribution < 1.29 is 22.7 Å². The molecule has 2 heterocycles. The summed E-state index contributed by atoms with van der Waals surface area (Å²) in [5.74, 6) is -0.593. The van der Waals surface area contributed by atoms with Crippen molar-refractivity contribution in [3.05, 3.63) is 33.9 Å². The van der Waals surface area contributed by atoms with Crippen LogP contribution in [-0.2, 0) is 19.4 Å². The molecular formula is C20H23Cl2N3O5S. The number of aryl methyl sites for hydroxylation is 1. The molecule has 8 nitrogen and oxygen atoms in total. The smallest absolute Gasteiger partial charge is 0.260 e. The fourth-order valence-electron chi connectivity index (χ4n) is 3.38. The summed E-state index contributed by atoms with van der Waals surface area (Å²) in [6.45, 7) is 3.30. The van der Waals surface area contributed by atoms with Crippen molar-refractivity contribution in [2.75, 3.05) is 31.2 Å². The Morgan fingerprint density at radius 1 is 1.29 bits per heavy atom. The third-order valence-corrected chi connectivity index (χ3v) is 7.35. The molecule has 0 aliphatic carbocycles. The van der Waals surface area contributed by atoms with E-state index in [1.807, 2.05) is 13.0 Å². The third-order valence-electron chi connectivity index (χ3n) is 4.98. The number of hydrogen-bond donors (Lipinski definition) is 1. The van der Waals surface area contributed by atoms with Gasteiger partial charge in [-0.2, -0.15) is 0 Å². The molecule has 1 unspecified atom stereocenters. The average Bonchev–Trinajstić information content (AvgIpc) is 3.03. The highest BCUT2D eigenvalue weighted by Crippen LogP contribution is 2.37. The van der Waals surface area contributed by atoms with Gasteiger partial charge in [0.15, 0.2) is 22.2 Å². The Kier molecular flexibility index (Phi) is 7.28. The van der Waals surface area contributed by atoms with E-state index in [2.05, 4.69) is 10.3 Å². The normalized spacial score (nSPS) is 17.5. The summed E-state index contributed by atoms with van der Waals surface area (Å²) in [5.41, 5.74) is 1.19. The van der Waals surface area contributed by atoms with Crippen LogP contribution < -0.4 is 10.1 Å². The Morgan fingerprint density at radius 3 is 2.68 bits per heavy atom. The summed E-state index contributed by atoms with van der Waals surface area (Å²) in [6, 6.07) is 4.72. The van der Waals surface area contributed by atoms with Gasteiger partial charge in [0.05, 0.1) is 28.1 Å². The number of rotatable bonds is 7. The van der Waals surface area contributed by atoms with E-state index in [9.17, 15) is 18.0 Å². The molecule has 31 heavy (non-hydrogen) atoms. The van der Waals surface area contributed by atoms with Gasteiger partial charge in [-0.05, 0) is 38.5 Å². The van der Waals surface area contributed by atoms with Crippen LogP contribution >= 0.6 is 23.2 Å². The summed E-state index contributed by atoms with van der Waals surface area (Å²) >= 11 is 12.5. The van der Waals surface area contributed by atoms with E-state index in [1.165, 1.54) is 11.0 Å². The number of sulfone groups is 1. The third kappa shape index (κ3) is 5.78. The second-order valence-corrected chi connectivity index (χ2v) is 10.4. The molecule has 0 spiro atoms. The van der Waals surface area contributed by atoms with Gasteiger partial charge in [0, 0.05) is 23.7 Å². The van der Waals surface area contributed by atoms with E-state index in [0.717, 1.165) is 5.69 Å². The Bertz CT molecular complexity index is 1120. The van der Waals surface area contributed by atoms with Gasteiger partial charge in [-0.3, -0.25) is 9.59 Å². The number of ether oxygens (including phenoxy) is 1. The number of aromatic nitrogens is 1. The zero-order valence-electron chi connectivity index (χ0n) is 17.2. The van der Waals surface area contributed by atoms with Gasteiger partial charge in [-0.1, -0.05) is 23.2 Å². The lowest BCUT2D eigenvalue weighted by Gasteiger charge is -2.22. The van der Waals surface area contributed by atoms with E-state index in [-0.39, 0.29) is 42.0 Å². The Morgan fingerprint density at radius 2 is 2.03 bits per heavy atom. The Hall–Kier alpha value is -2.10. The number of pyridine rings is 1. The number of fused-ring (bicyclic) bond motifs is 1. The summed E-state index contributed by atoms with van der Waals surface area (Å²) in [6.07, 6.45) is 0.381. The molecule has 1 saturated heterocycles. The molecule has 1 aromatic heterocycles. The van der Waals surface area contributed by atoms with Gasteiger partial charge in [-0.25, -0.2) is 13.4 Å². The maximum atomic E-state index is 12.6. The van der Waals surface area contributed by atoms with Gasteiger partial charge >= 0.3 is 0 Å². The number of likely N-dealkylation sites (N-methyl/N-ethyl adjacent to an activating group) is 1. The van der Waals surface area contributed by atoms with E-state index in [0.29, 0.717) is 22.3 Å². The van der Waals surface area contributed by atoms with E-state index < -0.39 is 27.7 Å². The zero-order chi connectivity index (χ0) is 22.8. The van der Waals surface area contributed by atoms with Crippen molar-refractivity contribution in [3.63, 3.8) is 0 Å². The van der Waals surface area contributed by atoms with Crippen LogP contribution in [0.2, 0.25) is 10.0 Å². The number of carbonyl (C=O) groups is 2. The standard InChI is InChI=1S/C20H23Cl2N3O5S/c1-3-25(9-17(26)24-13-6-7-31(28,29)11-13)18(27)10-30-20-16(22)8-15(21)14-5-4-12(2)23-19(14)20/h4-5,8,13H,3,6-7,9-11H2,1-2H3,(H,24,26). The van der Waals surface area contributed by atoms with E-state index >= 15 is 0 Å². The van der Waals surface area contributed by atoms with Crippen molar-refractivity contribution in [2.24, 2.45) is 0 Å². The van der Waals surface area contributed by atoms with E-state index in [4.69, 9.17) is 27.9 Å². The number of nitrogens with one attached hydrogen (secondary N) is 1. The molecule has 1 aliphatic rings. The van der Waals surface area contributed by atoms with Crippen LogP contribution in [0.25, 0.3) is 10.9 Å². The Labute approximate surface area is 190 Å². The fourth-order valence-corrected chi connectivity index (χ4v) is 5.63. The van der Waals surface area contributed by atoms with Crippen LogP contribution in [-0.4, -0.2) is 67.4 Å². The molecule has 1 atom stereocenters. The maximum Gasteiger partial charge on any atom is 0.260 e. The van der Waals surface area contributed by atoms with Crippen molar-refractivity contribution >= 4 is 55.8 Å². The molecule has 3 rings (SSSR count). The molecule has 0 bridgehead atoms. The highest BCUT2D eigenvalue weighted by Gasteiger charge is 2.29. The number of amides is 2. The molecule has 1 aromatic carbocycles. The second kappa shape index (κ2) is 9.58. The molecule has 0 saturated carbocycles. The first-order chi connectivity index (χ1) is 14.6. The summed E-state index contributed by atoms with van der Waals surface area (Å²) in [5, 5.41) is 3.98. The zero-order valence-corrected chi connectivity index (χ0v) is 19.5. The van der Waals surface area contributed by atoms with E-state index in [1.54, 1.807) is 13.0 Å². The van der Waals surface area contributed by atoms with Crippen LogP contribution in [0.5, 0.6) is 5.75 Å². The lowest BCUT2D eigenvalue weighted by molar-refractivity contribution is -0.137. The lowest BCUT2D eigenvalue weighted by atomic mass is 10.2. The predicted molar refractivity (Wildman–Crippen MR) is 119 cm³/mol. The highest BCUT2D eigenvalue weighted by atomic mass is 35.5. The van der Waals surface area contributed by atoms with Gasteiger partial charge in [0.1, 0.15) is 5.52 Å². The van der Waals surface area contributed by atoms with Crippen molar-refractivity contribution in [3.8, 4) is 5.75 Å². The van der Waals surface area contributed by atoms with Crippen LogP contribution in [0.3, 0.4) is 0 Å². The first kappa shape index (κ1) is 23.6. The molecule has 0 radical (unpaired) electrons. The number of benzene rings is 1. The van der Waals surface area contributed by atoms with Crippen LogP contribution in [0, 0.1) is 6.92 Å². The van der Waals surface area contributed by atoms with Gasteiger partial charge in [0.25, 0.3) is 5.91 Å². The molecule has 1 N–H and O–H groups in total. The highest BCUT2D eigenvalue weighted by molar-refractivity contribution is 7.91. The maximum absolute atomic E-state index is 12.6. The molecule has 2 amide bonds. The summed E-state index contributed by atoms with van der Waals surface area (Å²) < 4.78 is 28.8. The number of carbonyl (C=O) groups excluding carboxylic acids is 2. The summed E-state index contributed by atoms with van der Waals surface area (Å²) in [7, 11) is -3.10. The number of hydrogen-bond acceptors (Lipinski definition) is 6. The van der Waals surface area contributed by atoms with Crippen LogP contribution in [0.1, 0.15) is 19.0 Å². The minimum atomic E-state index is -3.10. The molecule has 1 aliphatic heterocycles. The molecule has 11 heteroatoms. The Balaban J connectivity index is 1.65. The van der Waals surface area contributed by atoms with Gasteiger partial charge < -0.3 is 15.0 Å². The number of nitrogens with zero attached hydrogens (tertiary/aromatic N) is 2. The molecule has 2 aromatic rings. The molecule has 1 fully saturated rings.